The van der Waals surface area contributed by atoms with Gasteiger partial charge in [0.05, 0.1) is 6.61 Å². The van der Waals surface area contributed by atoms with E-state index in [9.17, 15) is 0 Å². The lowest BCUT2D eigenvalue weighted by atomic mass is 10.1. The molecule has 0 saturated heterocycles. The molecule has 0 unspecified atom stereocenters. The Morgan fingerprint density at radius 2 is 2.37 bits per heavy atom. The van der Waals surface area contributed by atoms with E-state index < -0.39 is 0 Å². The van der Waals surface area contributed by atoms with Gasteiger partial charge in [-0.1, -0.05) is 6.08 Å². The normalized spacial score (nSPS) is 15.5. The van der Waals surface area contributed by atoms with Gasteiger partial charge in [-0.15, -0.1) is 0 Å². The predicted molar refractivity (Wildman–Crippen MR) is 81.5 cm³/mol. The van der Waals surface area contributed by atoms with Crippen LogP contribution in [-0.2, 0) is 11.3 Å². The Kier molecular flexibility index (Phi) is 5.36. The molecule has 0 atom stereocenters. The summed E-state index contributed by atoms with van der Waals surface area (Å²) in [5.41, 5.74) is 2.60. The van der Waals surface area contributed by atoms with E-state index >= 15 is 0 Å². The molecule has 2 heterocycles. The summed E-state index contributed by atoms with van der Waals surface area (Å²) < 4.78 is 6.20. The summed E-state index contributed by atoms with van der Waals surface area (Å²) in [7, 11) is 3.70. The second-order valence-electron chi connectivity index (χ2n) is 4.66. The zero-order valence-electron chi connectivity index (χ0n) is 11.4. The maximum absolute atomic E-state index is 5.18. The van der Waals surface area contributed by atoms with Crippen LogP contribution in [0.2, 0.25) is 0 Å². The highest BCUT2D eigenvalue weighted by atomic mass is 79.9. The Morgan fingerprint density at radius 1 is 1.53 bits per heavy atom. The smallest absolute Gasteiger partial charge is 0.133 e. The van der Waals surface area contributed by atoms with Crippen molar-refractivity contribution >= 4 is 21.7 Å². The van der Waals surface area contributed by atoms with E-state index in [1.54, 1.807) is 7.11 Å². The van der Waals surface area contributed by atoms with Gasteiger partial charge in [0.25, 0.3) is 0 Å². The van der Waals surface area contributed by atoms with E-state index in [0.29, 0.717) is 0 Å². The lowest BCUT2D eigenvalue weighted by Gasteiger charge is -2.29. The summed E-state index contributed by atoms with van der Waals surface area (Å²) in [6.45, 7) is 3.47. The summed E-state index contributed by atoms with van der Waals surface area (Å²) >= 11 is 3.48. The molecule has 2 rings (SSSR count). The SMILES string of the molecule is CNCc1cc(Br)cnc1N1CC=C(COC)CC1. The van der Waals surface area contributed by atoms with Gasteiger partial charge in [-0.2, -0.15) is 0 Å². The molecule has 1 N–H and O–H groups in total. The van der Waals surface area contributed by atoms with Crippen LogP contribution in [0.25, 0.3) is 0 Å². The number of aromatic nitrogens is 1. The standard InChI is InChI=1S/C14H20BrN3O/c1-16-8-12-7-13(15)9-17-14(12)18-5-3-11(4-6-18)10-19-2/h3,7,9,16H,4-6,8,10H2,1-2H3. The van der Waals surface area contributed by atoms with Gasteiger partial charge in [-0.3, -0.25) is 0 Å². The van der Waals surface area contributed by atoms with Gasteiger partial charge in [0.15, 0.2) is 0 Å². The molecule has 104 valence electrons. The minimum absolute atomic E-state index is 0.741. The highest BCUT2D eigenvalue weighted by Gasteiger charge is 2.16. The first-order valence-corrected chi connectivity index (χ1v) is 7.24. The minimum atomic E-state index is 0.741. The fourth-order valence-corrected chi connectivity index (χ4v) is 2.68. The van der Waals surface area contributed by atoms with Crippen LogP contribution in [0.3, 0.4) is 0 Å². The number of halogens is 1. The van der Waals surface area contributed by atoms with Gasteiger partial charge >= 0.3 is 0 Å². The van der Waals surface area contributed by atoms with Gasteiger partial charge < -0.3 is 15.0 Å². The molecule has 0 spiro atoms. The third-order valence-electron chi connectivity index (χ3n) is 3.21. The fourth-order valence-electron chi connectivity index (χ4n) is 2.30. The highest BCUT2D eigenvalue weighted by Crippen LogP contribution is 2.24. The predicted octanol–water partition coefficient (Wildman–Crippen LogP) is 2.35. The van der Waals surface area contributed by atoms with E-state index in [1.807, 2.05) is 13.2 Å². The third kappa shape index (κ3) is 3.78. The van der Waals surface area contributed by atoms with Crippen LogP contribution >= 0.6 is 15.9 Å². The maximum atomic E-state index is 5.18. The zero-order chi connectivity index (χ0) is 13.7. The van der Waals surface area contributed by atoms with Crippen molar-refractivity contribution in [2.24, 2.45) is 0 Å². The molecule has 4 nitrogen and oxygen atoms in total. The van der Waals surface area contributed by atoms with Crippen molar-refractivity contribution in [1.82, 2.24) is 10.3 Å². The molecule has 1 aromatic heterocycles. The van der Waals surface area contributed by atoms with Gasteiger partial charge in [0.1, 0.15) is 5.82 Å². The molecule has 0 bridgehead atoms. The third-order valence-corrected chi connectivity index (χ3v) is 3.64. The molecular weight excluding hydrogens is 306 g/mol. The van der Waals surface area contributed by atoms with Gasteiger partial charge in [0, 0.05) is 43.0 Å². The number of hydrogen-bond acceptors (Lipinski definition) is 4. The largest absolute Gasteiger partial charge is 0.380 e. The number of hydrogen-bond donors (Lipinski definition) is 1. The first-order chi connectivity index (χ1) is 9.24. The van der Waals surface area contributed by atoms with E-state index in [0.717, 1.165) is 43.0 Å². The molecule has 0 radical (unpaired) electrons. The number of nitrogens with one attached hydrogen (secondary N) is 1. The van der Waals surface area contributed by atoms with Crippen molar-refractivity contribution in [3.05, 3.63) is 33.9 Å². The average molecular weight is 326 g/mol. The molecule has 1 aromatic rings. The van der Waals surface area contributed by atoms with Crippen molar-refractivity contribution in [3.63, 3.8) is 0 Å². The lowest BCUT2D eigenvalue weighted by Crippen LogP contribution is -2.31. The second-order valence-corrected chi connectivity index (χ2v) is 5.57. The highest BCUT2D eigenvalue weighted by molar-refractivity contribution is 9.10. The second kappa shape index (κ2) is 7.03. The van der Waals surface area contributed by atoms with Crippen molar-refractivity contribution in [3.8, 4) is 0 Å². The Morgan fingerprint density at radius 3 is 3.00 bits per heavy atom. The summed E-state index contributed by atoms with van der Waals surface area (Å²) in [6, 6.07) is 2.13. The molecule has 0 aliphatic carbocycles. The van der Waals surface area contributed by atoms with E-state index in [4.69, 9.17) is 4.74 Å². The van der Waals surface area contributed by atoms with Crippen molar-refractivity contribution < 1.29 is 4.74 Å². The van der Waals surface area contributed by atoms with Crippen molar-refractivity contribution in [2.45, 2.75) is 13.0 Å². The van der Waals surface area contributed by atoms with E-state index in [1.165, 1.54) is 11.1 Å². The number of pyridine rings is 1. The Hall–Kier alpha value is -0.910. The molecular formula is C14H20BrN3O. The molecule has 19 heavy (non-hydrogen) atoms. The topological polar surface area (TPSA) is 37.4 Å². The van der Waals surface area contributed by atoms with Gasteiger partial charge in [-0.25, -0.2) is 4.98 Å². The Bertz CT molecular complexity index is 462. The summed E-state index contributed by atoms with van der Waals surface area (Å²) in [5, 5.41) is 3.20. The van der Waals surface area contributed by atoms with Crippen LogP contribution in [0.5, 0.6) is 0 Å². The number of nitrogens with zero attached hydrogens (tertiary/aromatic N) is 2. The van der Waals surface area contributed by atoms with Crippen LogP contribution in [0.4, 0.5) is 5.82 Å². The maximum Gasteiger partial charge on any atom is 0.133 e. The lowest BCUT2D eigenvalue weighted by molar-refractivity contribution is 0.222. The van der Waals surface area contributed by atoms with E-state index in [-0.39, 0.29) is 0 Å². The quantitative estimate of drug-likeness (QED) is 0.843. The Balaban J connectivity index is 2.14. The molecule has 1 aliphatic heterocycles. The van der Waals surface area contributed by atoms with Gasteiger partial charge in [0.2, 0.25) is 0 Å². The number of rotatable bonds is 5. The number of anilines is 1. The molecule has 1 aliphatic rings. The van der Waals surface area contributed by atoms with E-state index in [2.05, 4.69) is 43.3 Å². The van der Waals surface area contributed by atoms with Crippen molar-refractivity contribution in [2.75, 3.05) is 38.8 Å². The van der Waals surface area contributed by atoms with Crippen LogP contribution in [0.1, 0.15) is 12.0 Å². The fraction of sp³-hybridized carbons (Fsp3) is 0.500. The summed E-state index contributed by atoms with van der Waals surface area (Å²) in [4.78, 5) is 6.89. The summed E-state index contributed by atoms with van der Waals surface area (Å²) in [6.07, 6.45) is 5.16. The minimum Gasteiger partial charge on any atom is -0.380 e. The molecule has 5 heteroatoms. The zero-order valence-corrected chi connectivity index (χ0v) is 13.0. The van der Waals surface area contributed by atoms with Gasteiger partial charge in [-0.05, 0) is 41.0 Å². The molecule has 0 fully saturated rings. The van der Waals surface area contributed by atoms with Crippen LogP contribution in [-0.4, -0.2) is 38.8 Å². The first-order valence-electron chi connectivity index (χ1n) is 6.45. The molecule has 0 amide bonds. The van der Waals surface area contributed by atoms with Crippen molar-refractivity contribution in [1.29, 1.82) is 0 Å². The summed E-state index contributed by atoms with van der Waals surface area (Å²) in [5.74, 6) is 1.07. The van der Waals surface area contributed by atoms with Crippen LogP contribution in [0, 0.1) is 0 Å². The Labute approximate surface area is 123 Å². The molecule has 0 saturated carbocycles. The number of methoxy groups -OCH3 is 1. The monoisotopic (exact) mass is 325 g/mol. The molecule has 0 aromatic carbocycles. The first kappa shape index (κ1) is 14.5. The van der Waals surface area contributed by atoms with Crippen LogP contribution in [0.15, 0.2) is 28.4 Å². The van der Waals surface area contributed by atoms with Crippen LogP contribution < -0.4 is 10.2 Å². The number of ether oxygens (including phenoxy) is 1. The average Bonchev–Trinajstić information content (AvgIpc) is 2.41.